The first-order valence-corrected chi connectivity index (χ1v) is 6.28. The molecule has 0 saturated carbocycles. The molecule has 0 aromatic rings. The molecule has 54 valence electrons. The summed E-state index contributed by atoms with van der Waals surface area (Å²) >= 11 is 1.28. The number of terminal acetylenes is 1. The van der Waals surface area contributed by atoms with E-state index in [-0.39, 0.29) is 0 Å². The van der Waals surface area contributed by atoms with Gasteiger partial charge >= 0.3 is 0 Å². The highest BCUT2D eigenvalue weighted by Gasteiger charge is 2.27. The highest BCUT2D eigenvalue weighted by Crippen LogP contribution is 2.65. The Morgan fingerprint density at radius 2 is 2.50 bits per heavy atom. The fourth-order valence-electron chi connectivity index (χ4n) is 0.609. The van der Waals surface area contributed by atoms with Crippen LogP contribution < -0.4 is 0 Å². The SMILES string of the molecule is C#CC1=CN(C)P(C)(=O)S1. The van der Waals surface area contributed by atoms with Crippen LogP contribution >= 0.6 is 17.9 Å². The minimum absolute atomic E-state index is 0.758. The summed E-state index contributed by atoms with van der Waals surface area (Å²) in [5.41, 5.74) is 0. The molecule has 1 rings (SSSR count). The lowest BCUT2D eigenvalue weighted by molar-refractivity contribution is 0.552. The topological polar surface area (TPSA) is 20.3 Å². The van der Waals surface area contributed by atoms with E-state index >= 15 is 0 Å². The fraction of sp³-hybridized carbons (Fsp3) is 0.333. The van der Waals surface area contributed by atoms with E-state index in [4.69, 9.17) is 6.42 Å². The van der Waals surface area contributed by atoms with Crippen LogP contribution in [0.1, 0.15) is 0 Å². The van der Waals surface area contributed by atoms with Crippen molar-refractivity contribution < 1.29 is 4.57 Å². The van der Waals surface area contributed by atoms with Gasteiger partial charge in [0.1, 0.15) is 0 Å². The zero-order valence-corrected chi connectivity index (χ0v) is 7.58. The third-order valence-corrected chi connectivity index (χ3v) is 5.69. The summed E-state index contributed by atoms with van der Waals surface area (Å²) < 4.78 is 13.1. The summed E-state index contributed by atoms with van der Waals surface area (Å²) in [5, 5.41) is 0. The van der Waals surface area contributed by atoms with E-state index in [1.54, 1.807) is 24.6 Å². The van der Waals surface area contributed by atoms with Crippen molar-refractivity contribution in [2.24, 2.45) is 0 Å². The van der Waals surface area contributed by atoms with E-state index in [0.29, 0.717) is 0 Å². The maximum absolute atomic E-state index is 11.5. The van der Waals surface area contributed by atoms with Gasteiger partial charge < -0.3 is 4.67 Å². The van der Waals surface area contributed by atoms with Gasteiger partial charge in [-0.05, 0) is 11.4 Å². The van der Waals surface area contributed by atoms with Gasteiger partial charge in [0.25, 0.3) is 0 Å². The van der Waals surface area contributed by atoms with Crippen LogP contribution in [-0.4, -0.2) is 18.4 Å². The van der Waals surface area contributed by atoms with Crippen molar-refractivity contribution in [3.63, 3.8) is 0 Å². The van der Waals surface area contributed by atoms with Crippen LogP contribution in [0.15, 0.2) is 11.1 Å². The minimum atomic E-state index is -2.19. The van der Waals surface area contributed by atoms with E-state index in [2.05, 4.69) is 5.92 Å². The number of rotatable bonds is 0. The van der Waals surface area contributed by atoms with Crippen LogP contribution in [-0.2, 0) is 4.57 Å². The van der Waals surface area contributed by atoms with E-state index in [1.165, 1.54) is 11.4 Å². The lowest BCUT2D eigenvalue weighted by Crippen LogP contribution is -1.98. The number of hydrogen-bond acceptors (Lipinski definition) is 2. The first kappa shape index (κ1) is 7.78. The van der Waals surface area contributed by atoms with E-state index in [0.717, 1.165) is 4.91 Å². The van der Waals surface area contributed by atoms with Crippen molar-refractivity contribution in [2.45, 2.75) is 0 Å². The molecule has 1 atom stereocenters. The molecule has 1 aliphatic heterocycles. The Morgan fingerprint density at radius 3 is 2.70 bits per heavy atom. The number of allylic oxidation sites excluding steroid dienone is 1. The van der Waals surface area contributed by atoms with Crippen LogP contribution in [0, 0.1) is 12.3 Å². The van der Waals surface area contributed by atoms with E-state index in [9.17, 15) is 4.57 Å². The average Bonchev–Trinajstić information content (AvgIpc) is 2.08. The molecule has 1 heterocycles. The summed E-state index contributed by atoms with van der Waals surface area (Å²) in [7, 11) is 1.78. The van der Waals surface area contributed by atoms with Gasteiger partial charge in [-0.3, -0.25) is 4.57 Å². The van der Waals surface area contributed by atoms with Crippen molar-refractivity contribution >= 4 is 17.9 Å². The van der Waals surface area contributed by atoms with Crippen LogP contribution in [0.3, 0.4) is 0 Å². The van der Waals surface area contributed by atoms with Crippen molar-refractivity contribution in [1.82, 2.24) is 4.67 Å². The Balaban J connectivity index is 2.89. The molecule has 4 heteroatoms. The smallest absolute Gasteiger partial charge is 0.227 e. The Bertz CT molecular complexity index is 265. The molecule has 0 amide bonds. The second-order valence-electron chi connectivity index (χ2n) is 2.11. The third-order valence-electron chi connectivity index (χ3n) is 1.29. The normalized spacial score (nSPS) is 31.7. The average molecular weight is 173 g/mol. The Morgan fingerprint density at radius 1 is 1.90 bits per heavy atom. The molecule has 0 spiro atoms. The standard InChI is InChI=1S/C6H8NOPS/c1-4-6-5-7(2)9(3,8)10-6/h1,5H,2-3H3. The maximum Gasteiger partial charge on any atom is 0.227 e. The summed E-state index contributed by atoms with van der Waals surface area (Å²) in [5.74, 6) is 2.46. The lowest BCUT2D eigenvalue weighted by Gasteiger charge is -2.13. The molecule has 10 heavy (non-hydrogen) atoms. The second kappa shape index (κ2) is 2.38. The van der Waals surface area contributed by atoms with Crippen molar-refractivity contribution in [1.29, 1.82) is 0 Å². The molecule has 0 radical (unpaired) electrons. The molecular formula is C6H8NOPS. The molecule has 1 unspecified atom stereocenters. The van der Waals surface area contributed by atoms with Crippen LogP contribution in [0.5, 0.6) is 0 Å². The number of hydrogen-bond donors (Lipinski definition) is 0. The lowest BCUT2D eigenvalue weighted by atomic mass is 10.6. The van der Waals surface area contributed by atoms with Gasteiger partial charge in [-0.1, -0.05) is 5.92 Å². The summed E-state index contributed by atoms with van der Waals surface area (Å²) in [6.07, 6.45) is 6.87. The molecule has 0 fully saturated rings. The molecule has 0 aromatic heterocycles. The molecular weight excluding hydrogens is 165 g/mol. The van der Waals surface area contributed by atoms with Crippen molar-refractivity contribution in [2.75, 3.05) is 13.7 Å². The van der Waals surface area contributed by atoms with E-state index in [1.807, 2.05) is 0 Å². The number of nitrogens with zero attached hydrogens (tertiary/aromatic N) is 1. The van der Waals surface area contributed by atoms with E-state index < -0.39 is 6.49 Å². The van der Waals surface area contributed by atoms with Gasteiger partial charge in [-0.25, -0.2) is 0 Å². The van der Waals surface area contributed by atoms with Crippen LogP contribution in [0.2, 0.25) is 0 Å². The second-order valence-corrected chi connectivity index (χ2v) is 7.55. The Kier molecular flexibility index (Phi) is 1.85. The summed E-state index contributed by atoms with van der Waals surface area (Å²) in [6, 6.07) is 0. The van der Waals surface area contributed by atoms with Gasteiger partial charge in [0.2, 0.25) is 6.49 Å². The maximum atomic E-state index is 11.5. The zero-order chi connectivity index (χ0) is 7.78. The van der Waals surface area contributed by atoms with Crippen LogP contribution in [0.4, 0.5) is 0 Å². The fourth-order valence-corrected chi connectivity index (χ4v) is 3.69. The molecule has 0 aromatic carbocycles. The highest BCUT2D eigenvalue weighted by molar-refractivity contribution is 8.59. The first-order chi connectivity index (χ1) is 4.56. The Labute approximate surface area is 64.8 Å². The van der Waals surface area contributed by atoms with Gasteiger partial charge in [-0.2, -0.15) is 0 Å². The molecule has 0 saturated heterocycles. The monoisotopic (exact) mass is 173 g/mol. The zero-order valence-electron chi connectivity index (χ0n) is 5.87. The van der Waals surface area contributed by atoms with Gasteiger partial charge in [0, 0.05) is 19.9 Å². The molecule has 0 bridgehead atoms. The Hall–Kier alpha value is -0.320. The molecule has 2 nitrogen and oxygen atoms in total. The van der Waals surface area contributed by atoms with Crippen LogP contribution in [0.25, 0.3) is 0 Å². The van der Waals surface area contributed by atoms with Gasteiger partial charge in [0.15, 0.2) is 0 Å². The van der Waals surface area contributed by atoms with Crippen molar-refractivity contribution in [3.05, 3.63) is 11.1 Å². The minimum Gasteiger partial charge on any atom is -0.323 e. The summed E-state index contributed by atoms with van der Waals surface area (Å²) in [4.78, 5) is 0.758. The summed E-state index contributed by atoms with van der Waals surface area (Å²) in [6.45, 7) is -0.485. The highest BCUT2D eigenvalue weighted by atomic mass is 32.7. The first-order valence-electron chi connectivity index (χ1n) is 2.75. The van der Waals surface area contributed by atoms with Gasteiger partial charge in [0.05, 0.1) is 4.91 Å². The van der Waals surface area contributed by atoms with Crippen molar-refractivity contribution in [3.8, 4) is 12.3 Å². The predicted molar refractivity (Wildman–Crippen MR) is 45.8 cm³/mol. The molecule has 0 aliphatic carbocycles. The quantitative estimate of drug-likeness (QED) is 0.412. The third kappa shape index (κ3) is 1.23. The largest absolute Gasteiger partial charge is 0.323 e. The predicted octanol–water partition coefficient (Wildman–Crippen LogP) is 1.96. The molecule has 1 aliphatic rings. The van der Waals surface area contributed by atoms with Gasteiger partial charge in [-0.15, -0.1) is 6.42 Å². The molecule has 0 N–H and O–H groups in total.